The van der Waals surface area contributed by atoms with Gasteiger partial charge >= 0.3 is 6.03 Å². The second-order valence-corrected chi connectivity index (χ2v) is 7.96. The van der Waals surface area contributed by atoms with Crippen LogP contribution in [-0.4, -0.2) is 49.6 Å². The van der Waals surface area contributed by atoms with Crippen LogP contribution >= 0.6 is 0 Å². The first-order valence-corrected chi connectivity index (χ1v) is 10.6. The predicted octanol–water partition coefficient (Wildman–Crippen LogP) is 3.57. The normalized spacial score (nSPS) is 18.5. The Morgan fingerprint density at radius 1 is 1.07 bits per heavy atom. The van der Waals surface area contributed by atoms with Crippen LogP contribution in [0.4, 0.5) is 4.79 Å². The van der Waals surface area contributed by atoms with Crippen LogP contribution in [0, 0.1) is 5.92 Å². The zero-order valence-electron chi connectivity index (χ0n) is 16.9. The van der Waals surface area contributed by atoms with Crippen LogP contribution in [0.2, 0.25) is 0 Å². The highest BCUT2D eigenvalue weighted by Gasteiger charge is 2.25. The van der Waals surface area contributed by atoms with Gasteiger partial charge in [-0.05, 0) is 50.2 Å². The molecule has 0 unspecified atom stereocenters. The van der Waals surface area contributed by atoms with E-state index >= 15 is 0 Å². The van der Waals surface area contributed by atoms with Crippen molar-refractivity contribution in [2.24, 2.45) is 5.92 Å². The zero-order valence-corrected chi connectivity index (χ0v) is 16.9. The van der Waals surface area contributed by atoms with Crippen molar-refractivity contribution < 1.29 is 14.3 Å². The smallest absolute Gasteiger partial charge is 0.317 e. The quantitative estimate of drug-likeness (QED) is 0.784. The average molecular weight is 388 g/mol. The topological polar surface area (TPSA) is 70.7 Å². The number of nitrogens with zero attached hydrogens (tertiary/aromatic N) is 1. The van der Waals surface area contributed by atoms with Crippen molar-refractivity contribution in [3.8, 4) is 5.75 Å². The SMILES string of the molecule is COc1ccccc1C(=O)NCCC1CCN(C(=O)NC2CCCCC2)CC1. The van der Waals surface area contributed by atoms with Crippen molar-refractivity contribution in [1.29, 1.82) is 0 Å². The van der Waals surface area contributed by atoms with Crippen LogP contribution in [0.5, 0.6) is 5.75 Å². The summed E-state index contributed by atoms with van der Waals surface area (Å²) in [6.07, 6.45) is 8.94. The number of carbonyl (C=O) groups is 2. The lowest BCUT2D eigenvalue weighted by molar-refractivity contribution is 0.0946. The van der Waals surface area contributed by atoms with Gasteiger partial charge in [0.15, 0.2) is 0 Å². The van der Waals surface area contributed by atoms with Crippen molar-refractivity contribution in [2.75, 3.05) is 26.7 Å². The van der Waals surface area contributed by atoms with E-state index in [2.05, 4.69) is 10.6 Å². The molecule has 1 heterocycles. The number of hydrogen-bond donors (Lipinski definition) is 2. The van der Waals surface area contributed by atoms with Gasteiger partial charge in [0.05, 0.1) is 12.7 Å². The minimum absolute atomic E-state index is 0.0956. The second kappa shape index (κ2) is 10.3. The number of benzene rings is 1. The van der Waals surface area contributed by atoms with Crippen molar-refractivity contribution in [3.05, 3.63) is 29.8 Å². The van der Waals surface area contributed by atoms with Crippen molar-refractivity contribution in [2.45, 2.75) is 57.4 Å². The Morgan fingerprint density at radius 3 is 2.50 bits per heavy atom. The highest BCUT2D eigenvalue weighted by molar-refractivity contribution is 5.96. The second-order valence-electron chi connectivity index (χ2n) is 7.96. The van der Waals surface area contributed by atoms with Crippen LogP contribution < -0.4 is 15.4 Å². The minimum atomic E-state index is -0.0956. The van der Waals surface area contributed by atoms with Gasteiger partial charge in [-0.15, -0.1) is 0 Å². The van der Waals surface area contributed by atoms with E-state index in [0.717, 1.165) is 45.2 Å². The summed E-state index contributed by atoms with van der Waals surface area (Å²) in [7, 11) is 1.57. The van der Waals surface area contributed by atoms with E-state index in [9.17, 15) is 9.59 Å². The number of hydrogen-bond acceptors (Lipinski definition) is 3. The van der Waals surface area contributed by atoms with Crippen molar-refractivity contribution in [1.82, 2.24) is 15.5 Å². The third-order valence-corrected chi connectivity index (χ3v) is 6.02. The van der Waals surface area contributed by atoms with Gasteiger partial charge in [-0.1, -0.05) is 31.4 Å². The van der Waals surface area contributed by atoms with E-state index in [-0.39, 0.29) is 11.9 Å². The lowest BCUT2D eigenvalue weighted by Gasteiger charge is -2.34. The van der Waals surface area contributed by atoms with Crippen LogP contribution in [-0.2, 0) is 0 Å². The first-order valence-electron chi connectivity index (χ1n) is 10.6. The number of carbonyl (C=O) groups excluding carboxylic acids is 2. The molecule has 0 radical (unpaired) electrons. The molecule has 1 aliphatic heterocycles. The molecule has 0 atom stereocenters. The predicted molar refractivity (Wildman–Crippen MR) is 110 cm³/mol. The molecule has 3 amide bonds. The van der Waals surface area contributed by atoms with E-state index < -0.39 is 0 Å². The molecule has 1 saturated heterocycles. The molecule has 28 heavy (non-hydrogen) atoms. The van der Waals surface area contributed by atoms with Gasteiger partial charge in [0.25, 0.3) is 5.91 Å². The molecule has 1 saturated carbocycles. The van der Waals surface area contributed by atoms with Crippen molar-refractivity contribution >= 4 is 11.9 Å². The van der Waals surface area contributed by atoms with Gasteiger partial charge in [-0.25, -0.2) is 4.79 Å². The van der Waals surface area contributed by atoms with E-state index in [1.54, 1.807) is 19.2 Å². The van der Waals surface area contributed by atoms with Gasteiger partial charge in [-0.3, -0.25) is 4.79 Å². The number of nitrogens with one attached hydrogen (secondary N) is 2. The molecule has 1 aromatic carbocycles. The molecule has 154 valence electrons. The molecule has 6 heteroatoms. The van der Waals surface area contributed by atoms with Crippen LogP contribution in [0.25, 0.3) is 0 Å². The number of amides is 3. The van der Waals surface area contributed by atoms with E-state index in [4.69, 9.17) is 4.74 Å². The number of ether oxygens (including phenoxy) is 1. The van der Waals surface area contributed by atoms with Crippen LogP contribution in [0.15, 0.2) is 24.3 Å². The highest BCUT2D eigenvalue weighted by Crippen LogP contribution is 2.22. The molecule has 1 aliphatic carbocycles. The average Bonchev–Trinajstić information content (AvgIpc) is 2.74. The van der Waals surface area contributed by atoms with Crippen LogP contribution in [0.1, 0.15) is 61.7 Å². The fraction of sp³-hybridized carbons (Fsp3) is 0.636. The number of piperidine rings is 1. The fourth-order valence-electron chi connectivity index (χ4n) is 4.25. The van der Waals surface area contributed by atoms with Gasteiger partial charge in [0.2, 0.25) is 0 Å². The maximum absolute atomic E-state index is 12.4. The molecule has 0 aromatic heterocycles. The van der Waals surface area contributed by atoms with Gasteiger partial charge in [-0.2, -0.15) is 0 Å². The number of rotatable bonds is 6. The van der Waals surface area contributed by atoms with E-state index in [1.807, 2.05) is 17.0 Å². The summed E-state index contributed by atoms with van der Waals surface area (Å²) in [5.41, 5.74) is 0.569. The minimum Gasteiger partial charge on any atom is -0.496 e. The Balaban J connectivity index is 1.35. The lowest BCUT2D eigenvalue weighted by atomic mass is 9.93. The molecular formula is C22H33N3O3. The van der Waals surface area contributed by atoms with Crippen molar-refractivity contribution in [3.63, 3.8) is 0 Å². The van der Waals surface area contributed by atoms with Gasteiger partial charge < -0.3 is 20.3 Å². The summed E-state index contributed by atoms with van der Waals surface area (Å²) in [5, 5.41) is 6.21. The Kier molecular flexibility index (Phi) is 7.57. The third-order valence-electron chi connectivity index (χ3n) is 6.02. The molecule has 0 bridgehead atoms. The van der Waals surface area contributed by atoms with Gasteiger partial charge in [0.1, 0.15) is 5.75 Å². The Morgan fingerprint density at radius 2 is 1.79 bits per heavy atom. The van der Waals surface area contributed by atoms with Crippen LogP contribution in [0.3, 0.4) is 0 Å². The summed E-state index contributed by atoms with van der Waals surface area (Å²) >= 11 is 0. The van der Waals surface area contributed by atoms with Gasteiger partial charge in [0, 0.05) is 25.7 Å². The molecule has 3 rings (SSSR count). The highest BCUT2D eigenvalue weighted by atomic mass is 16.5. The number of methoxy groups -OCH3 is 1. The summed E-state index contributed by atoms with van der Waals surface area (Å²) in [6, 6.07) is 7.74. The Bertz CT molecular complexity index is 650. The standard InChI is InChI=1S/C22H33N3O3/c1-28-20-10-6-5-9-19(20)21(26)23-14-11-17-12-15-25(16-13-17)22(27)24-18-7-3-2-4-8-18/h5-6,9-10,17-18H,2-4,7-8,11-16H2,1H3,(H,23,26)(H,24,27). The number of urea groups is 1. The molecular weight excluding hydrogens is 354 g/mol. The molecule has 2 fully saturated rings. The molecule has 6 nitrogen and oxygen atoms in total. The number of para-hydroxylation sites is 1. The summed E-state index contributed by atoms with van der Waals surface area (Å²) in [6.45, 7) is 2.27. The molecule has 2 N–H and O–H groups in total. The maximum Gasteiger partial charge on any atom is 0.317 e. The molecule has 1 aromatic rings. The molecule has 0 spiro atoms. The first kappa shape index (κ1) is 20.5. The third kappa shape index (κ3) is 5.63. The fourth-order valence-corrected chi connectivity index (χ4v) is 4.25. The zero-order chi connectivity index (χ0) is 19.8. The van der Waals surface area contributed by atoms with E-state index in [0.29, 0.717) is 29.8 Å². The maximum atomic E-state index is 12.4. The monoisotopic (exact) mass is 387 g/mol. The first-order chi connectivity index (χ1) is 13.7. The largest absolute Gasteiger partial charge is 0.496 e. The Labute approximate surface area is 168 Å². The Hall–Kier alpha value is -2.24. The lowest BCUT2D eigenvalue weighted by Crippen LogP contribution is -2.48. The number of likely N-dealkylation sites (tertiary alicyclic amines) is 1. The summed E-state index contributed by atoms with van der Waals surface area (Å²) in [5.74, 6) is 1.05. The summed E-state index contributed by atoms with van der Waals surface area (Å²) in [4.78, 5) is 26.7. The summed E-state index contributed by atoms with van der Waals surface area (Å²) < 4.78 is 5.25. The molecule has 2 aliphatic rings. The van der Waals surface area contributed by atoms with E-state index in [1.165, 1.54) is 19.3 Å².